The molecule has 0 aliphatic carbocycles. The van der Waals surface area contributed by atoms with Crippen LogP contribution < -0.4 is 5.49 Å². The van der Waals surface area contributed by atoms with Crippen LogP contribution in [0.1, 0.15) is 60.9 Å². The number of fused-ring (bicyclic) bond motifs is 1. The summed E-state index contributed by atoms with van der Waals surface area (Å²) in [5.74, 6) is 0.545. The molecule has 192 valence electrons. The van der Waals surface area contributed by atoms with Crippen molar-refractivity contribution in [2.75, 3.05) is 13.1 Å². The zero-order valence-corrected chi connectivity index (χ0v) is 20.9. The molecule has 36 heavy (non-hydrogen) atoms. The number of nitrogens with zero attached hydrogens (tertiary/aromatic N) is 5. The molecule has 1 aliphatic heterocycles. The second-order valence-electron chi connectivity index (χ2n) is 9.42. The summed E-state index contributed by atoms with van der Waals surface area (Å²) in [7, 11) is 1.81. The van der Waals surface area contributed by atoms with E-state index < -0.39 is 23.5 Å². The number of amides is 1. The summed E-state index contributed by atoms with van der Waals surface area (Å²) in [5.41, 5.74) is -0.600. The van der Waals surface area contributed by atoms with E-state index in [1.807, 2.05) is 11.6 Å². The van der Waals surface area contributed by atoms with Gasteiger partial charge in [0.25, 0.3) is 0 Å². The molecule has 1 atom stereocenters. The number of pyridine rings is 1. The predicted molar refractivity (Wildman–Crippen MR) is 128 cm³/mol. The van der Waals surface area contributed by atoms with Crippen LogP contribution >= 0.6 is 0 Å². The second kappa shape index (κ2) is 9.29. The number of likely N-dealkylation sites (tertiary alicyclic amines) is 1. The van der Waals surface area contributed by atoms with Gasteiger partial charge in [0.05, 0.1) is 29.0 Å². The maximum Gasteiger partial charge on any atom is 0.416 e. The highest BCUT2D eigenvalue weighted by molar-refractivity contribution is 5.78. The van der Waals surface area contributed by atoms with Gasteiger partial charge >= 0.3 is 6.18 Å². The first-order valence-corrected chi connectivity index (χ1v) is 11.8. The molecule has 1 amide bonds. The number of rotatable bonds is 3. The predicted octanol–water partition coefficient (Wildman–Crippen LogP) is 5.07. The highest BCUT2D eigenvalue weighted by atomic mass is 19.4. The van der Waals surface area contributed by atoms with Gasteiger partial charge < -0.3 is 9.47 Å². The van der Waals surface area contributed by atoms with Crippen LogP contribution in [0.3, 0.4) is 0 Å². The van der Waals surface area contributed by atoms with Gasteiger partial charge in [-0.3, -0.25) is 14.8 Å². The first kappa shape index (κ1) is 25.8. The van der Waals surface area contributed by atoms with Crippen LogP contribution in [0.25, 0.3) is 10.9 Å². The van der Waals surface area contributed by atoms with Crippen molar-refractivity contribution in [1.82, 2.24) is 19.4 Å². The Labute approximate surface area is 206 Å². The van der Waals surface area contributed by atoms with Crippen LogP contribution in [0.4, 0.5) is 17.6 Å². The fourth-order valence-electron chi connectivity index (χ4n) is 4.80. The number of piperidine rings is 1. The molecule has 1 saturated heterocycles. The minimum Gasteiger partial charge on any atom is -0.343 e. The van der Waals surface area contributed by atoms with Crippen molar-refractivity contribution in [1.29, 1.82) is 0 Å². The molecule has 10 heteroatoms. The average molecular weight is 504 g/mol. The third-order valence-electron chi connectivity index (χ3n) is 7.15. The van der Waals surface area contributed by atoms with Crippen LogP contribution in [0.5, 0.6) is 0 Å². The van der Waals surface area contributed by atoms with Gasteiger partial charge in [0.2, 0.25) is 5.91 Å². The number of benzene rings is 1. The van der Waals surface area contributed by atoms with Crippen molar-refractivity contribution in [3.63, 3.8) is 0 Å². The molecule has 1 fully saturated rings. The normalized spacial score (nSPS) is 17.5. The molecule has 1 aliphatic rings. The number of halogens is 4. The molecule has 4 rings (SSSR count). The third kappa shape index (κ3) is 4.73. The number of hydrogen-bond acceptors (Lipinski definition) is 4. The highest BCUT2D eigenvalue weighted by Gasteiger charge is 2.38. The summed E-state index contributed by atoms with van der Waals surface area (Å²) in [6.07, 6.45) is -2.63. The first-order chi connectivity index (χ1) is 16.8. The molecule has 2 aromatic heterocycles. The fraction of sp³-hybridized carbons (Fsp3) is 0.462. The van der Waals surface area contributed by atoms with E-state index in [1.54, 1.807) is 37.1 Å². The summed E-state index contributed by atoms with van der Waals surface area (Å²) < 4.78 is 58.1. The van der Waals surface area contributed by atoms with Crippen LogP contribution in [0, 0.1) is 13.8 Å². The van der Waals surface area contributed by atoms with Crippen molar-refractivity contribution in [3.05, 3.63) is 64.2 Å². The lowest BCUT2D eigenvalue weighted by Crippen LogP contribution is -2.42. The molecule has 6 nitrogen and oxygen atoms in total. The lowest BCUT2D eigenvalue weighted by molar-refractivity contribution is -0.138. The van der Waals surface area contributed by atoms with E-state index in [4.69, 9.17) is 4.99 Å². The van der Waals surface area contributed by atoms with Crippen LogP contribution in [0.2, 0.25) is 0 Å². The van der Waals surface area contributed by atoms with Crippen molar-refractivity contribution < 1.29 is 22.4 Å². The van der Waals surface area contributed by atoms with Gasteiger partial charge in [-0.2, -0.15) is 13.2 Å². The topological polar surface area (TPSA) is 63.4 Å². The molecular weight excluding hydrogens is 474 g/mol. The van der Waals surface area contributed by atoms with Gasteiger partial charge in [0.1, 0.15) is 5.82 Å². The summed E-state index contributed by atoms with van der Waals surface area (Å²) in [6.45, 7) is 7.02. The molecule has 3 aromatic rings. The van der Waals surface area contributed by atoms with Gasteiger partial charge in [-0.25, -0.2) is 9.37 Å². The molecule has 1 aromatic carbocycles. The minimum atomic E-state index is -4.46. The maximum absolute atomic E-state index is 16.0. The number of carbonyl (C=O) groups excluding carboxylic acids is 1. The Morgan fingerprint density at radius 2 is 1.86 bits per heavy atom. The SMILES string of the molecule is CC(=O)N1CCC(F)(c2cc3c(=N[C@H](C)c4cccc(C(F)(F)F)c4C)nc(C)n(C)c3cn2)CC1. The molecule has 0 bridgehead atoms. The Kier molecular flexibility index (Phi) is 6.66. The Hall–Kier alpha value is -3.30. The summed E-state index contributed by atoms with van der Waals surface area (Å²) in [6, 6.07) is 5.08. The number of aryl methyl sites for hydroxylation is 2. The first-order valence-electron chi connectivity index (χ1n) is 11.8. The number of aromatic nitrogens is 3. The quantitative estimate of drug-likeness (QED) is 0.469. The highest BCUT2D eigenvalue weighted by Crippen LogP contribution is 2.37. The van der Waals surface area contributed by atoms with E-state index in [1.165, 1.54) is 19.9 Å². The molecular formula is C26H29F4N5O. The largest absolute Gasteiger partial charge is 0.416 e. The third-order valence-corrected chi connectivity index (χ3v) is 7.15. The number of hydrogen-bond donors (Lipinski definition) is 0. The zero-order chi connectivity index (χ0) is 26.4. The van der Waals surface area contributed by atoms with Crippen LogP contribution in [-0.4, -0.2) is 38.4 Å². The Morgan fingerprint density at radius 3 is 2.47 bits per heavy atom. The second-order valence-corrected chi connectivity index (χ2v) is 9.42. The van der Waals surface area contributed by atoms with Gasteiger partial charge in [-0.1, -0.05) is 12.1 Å². The Morgan fingerprint density at radius 1 is 1.19 bits per heavy atom. The lowest BCUT2D eigenvalue weighted by Gasteiger charge is -2.35. The van der Waals surface area contributed by atoms with Gasteiger partial charge in [0.15, 0.2) is 11.2 Å². The number of carbonyl (C=O) groups is 1. The minimum absolute atomic E-state index is 0.0878. The van der Waals surface area contributed by atoms with Crippen LogP contribution in [0.15, 0.2) is 35.5 Å². The van der Waals surface area contributed by atoms with Gasteiger partial charge in [-0.15, -0.1) is 0 Å². The smallest absolute Gasteiger partial charge is 0.343 e. The van der Waals surface area contributed by atoms with Gasteiger partial charge in [0, 0.05) is 45.3 Å². The van der Waals surface area contributed by atoms with E-state index in [-0.39, 0.29) is 30.0 Å². The molecule has 0 radical (unpaired) electrons. The fourth-order valence-corrected chi connectivity index (χ4v) is 4.80. The van der Waals surface area contributed by atoms with E-state index in [2.05, 4.69) is 9.97 Å². The average Bonchev–Trinajstić information content (AvgIpc) is 2.81. The maximum atomic E-state index is 16.0. The molecule has 0 N–H and O–H groups in total. The van der Waals surface area contributed by atoms with Crippen molar-refractivity contribution in [2.24, 2.45) is 12.0 Å². The zero-order valence-electron chi connectivity index (χ0n) is 20.9. The van der Waals surface area contributed by atoms with Crippen molar-refractivity contribution in [3.8, 4) is 0 Å². The van der Waals surface area contributed by atoms with E-state index in [9.17, 15) is 18.0 Å². The van der Waals surface area contributed by atoms with Gasteiger partial charge in [-0.05, 0) is 44.0 Å². The van der Waals surface area contributed by atoms with Crippen LogP contribution in [-0.2, 0) is 23.7 Å². The molecule has 0 unspecified atom stereocenters. The Balaban J connectivity index is 1.82. The Bertz CT molecular complexity index is 1390. The summed E-state index contributed by atoms with van der Waals surface area (Å²) in [5, 5.41) is 0.565. The van der Waals surface area contributed by atoms with E-state index >= 15 is 4.39 Å². The summed E-state index contributed by atoms with van der Waals surface area (Å²) >= 11 is 0. The molecule has 3 heterocycles. The standard InChI is InChI=1S/C26H29F4N5O/c1-15-19(7-6-8-21(15)26(28,29)30)16(2)32-24-20-13-23(31-14-22(20)34(5)17(3)33-24)25(27)9-11-35(12-10-25)18(4)36/h6-8,13-14,16H,9-12H2,1-5H3/t16-/m1/s1. The van der Waals surface area contributed by atoms with Crippen molar-refractivity contribution in [2.45, 2.75) is 58.4 Å². The lowest BCUT2D eigenvalue weighted by atomic mass is 9.89. The molecule has 0 spiro atoms. The molecule has 0 saturated carbocycles. The summed E-state index contributed by atoms with van der Waals surface area (Å²) in [4.78, 5) is 27.0. The van der Waals surface area contributed by atoms with E-state index in [0.717, 1.165) is 6.07 Å². The monoisotopic (exact) mass is 503 g/mol. The number of alkyl halides is 4. The van der Waals surface area contributed by atoms with E-state index in [0.29, 0.717) is 40.9 Å². The van der Waals surface area contributed by atoms with Crippen molar-refractivity contribution >= 4 is 16.8 Å².